The molecule has 0 aliphatic rings. The first kappa shape index (κ1) is 14.3. The summed E-state index contributed by atoms with van der Waals surface area (Å²) in [6, 6.07) is 1.46. The zero-order chi connectivity index (χ0) is 13.7. The summed E-state index contributed by atoms with van der Waals surface area (Å²) in [5.41, 5.74) is 6.42. The number of nitrogen functional groups attached to an aromatic ring is 1. The molecule has 3 N–H and O–H groups in total. The molecule has 1 atom stereocenters. The number of anilines is 2. The predicted molar refractivity (Wildman–Crippen MR) is 73.0 cm³/mol. The van der Waals surface area contributed by atoms with Gasteiger partial charge in [-0.05, 0) is 18.9 Å². The van der Waals surface area contributed by atoms with E-state index in [1.165, 1.54) is 12.3 Å². The Bertz CT molecular complexity index is 421. The van der Waals surface area contributed by atoms with Crippen molar-refractivity contribution >= 4 is 17.5 Å². The van der Waals surface area contributed by atoms with Gasteiger partial charge in [-0.1, -0.05) is 20.3 Å². The van der Waals surface area contributed by atoms with Crippen molar-refractivity contribution in [3.63, 3.8) is 0 Å². The third-order valence-corrected chi connectivity index (χ3v) is 3.05. The highest BCUT2D eigenvalue weighted by atomic mass is 16.4. The normalized spacial score (nSPS) is 12.2. The highest BCUT2D eigenvalue weighted by Gasteiger charge is 2.14. The smallest absolute Gasteiger partial charge is 0.337 e. The highest BCUT2D eigenvalue weighted by molar-refractivity contribution is 5.89. The molecule has 0 bridgehead atoms. The number of carboxylic acid groups (broad SMARTS) is 1. The van der Waals surface area contributed by atoms with Crippen LogP contribution in [0.25, 0.3) is 0 Å². The summed E-state index contributed by atoms with van der Waals surface area (Å²) in [5.74, 6) is 0.207. The van der Waals surface area contributed by atoms with E-state index in [9.17, 15) is 4.79 Å². The molecule has 1 aromatic heterocycles. The minimum absolute atomic E-state index is 0.121. The number of nitrogens with zero attached hydrogens (tertiary/aromatic N) is 2. The molecule has 5 heteroatoms. The molecule has 0 aromatic carbocycles. The molecule has 0 aliphatic heterocycles. The van der Waals surface area contributed by atoms with Gasteiger partial charge in [0.2, 0.25) is 0 Å². The van der Waals surface area contributed by atoms with E-state index in [4.69, 9.17) is 10.8 Å². The highest BCUT2D eigenvalue weighted by Crippen LogP contribution is 2.22. The van der Waals surface area contributed by atoms with E-state index in [-0.39, 0.29) is 5.56 Å². The SMILES string of the molecule is CCC(C)CN(CC)c1ncc(C(=O)O)cc1N. The largest absolute Gasteiger partial charge is 0.478 e. The molecule has 1 aromatic rings. The van der Waals surface area contributed by atoms with Crippen LogP contribution in [0.4, 0.5) is 11.5 Å². The zero-order valence-electron chi connectivity index (χ0n) is 11.2. The van der Waals surface area contributed by atoms with E-state index in [2.05, 4.69) is 23.7 Å². The average molecular weight is 251 g/mol. The fourth-order valence-electron chi connectivity index (χ4n) is 1.73. The molecule has 1 heterocycles. The quantitative estimate of drug-likeness (QED) is 0.810. The van der Waals surface area contributed by atoms with Gasteiger partial charge in [0.15, 0.2) is 5.82 Å². The average Bonchev–Trinajstić information content (AvgIpc) is 2.35. The van der Waals surface area contributed by atoms with Gasteiger partial charge in [-0.15, -0.1) is 0 Å². The number of aromatic carboxylic acids is 1. The second-order valence-corrected chi connectivity index (χ2v) is 4.49. The van der Waals surface area contributed by atoms with Gasteiger partial charge in [-0.25, -0.2) is 9.78 Å². The van der Waals surface area contributed by atoms with E-state index < -0.39 is 5.97 Å². The third-order valence-electron chi connectivity index (χ3n) is 3.05. The molecule has 1 rings (SSSR count). The van der Waals surface area contributed by atoms with Gasteiger partial charge in [0.25, 0.3) is 0 Å². The zero-order valence-corrected chi connectivity index (χ0v) is 11.2. The molecule has 100 valence electrons. The van der Waals surface area contributed by atoms with E-state index in [0.29, 0.717) is 17.4 Å². The van der Waals surface area contributed by atoms with Crippen LogP contribution in [0, 0.1) is 5.92 Å². The lowest BCUT2D eigenvalue weighted by molar-refractivity contribution is 0.0696. The second-order valence-electron chi connectivity index (χ2n) is 4.49. The van der Waals surface area contributed by atoms with Crippen LogP contribution >= 0.6 is 0 Å². The van der Waals surface area contributed by atoms with E-state index in [0.717, 1.165) is 19.5 Å². The number of aromatic nitrogens is 1. The Kier molecular flexibility index (Phi) is 4.95. The molecule has 0 saturated carbocycles. The van der Waals surface area contributed by atoms with Crippen molar-refractivity contribution in [2.75, 3.05) is 23.7 Å². The van der Waals surface area contributed by atoms with Crippen LogP contribution in [-0.2, 0) is 0 Å². The first-order valence-electron chi connectivity index (χ1n) is 6.23. The van der Waals surface area contributed by atoms with Crippen molar-refractivity contribution in [1.29, 1.82) is 0 Å². The topological polar surface area (TPSA) is 79.5 Å². The van der Waals surface area contributed by atoms with Crippen LogP contribution in [0.5, 0.6) is 0 Å². The Morgan fingerprint density at radius 3 is 2.67 bits per heavy atom. The predicted octanol–water partition coefficient (Wildman–Crippen LogP) is 2.23. The van der Waals surface area contributed by atoms with E-state index in [1.807, 2.05) is 6.92 Å². The van der Waals surface area contributed by atoms with Gasteiger partial charge in [0.05, 0.1) is 11.3 Å². The Labute approximate surface area is 108 Å². The number of hydrogen-bond acceptors (Lipinski definition) is 4. The summed E-state index contributed by atoms with van der Waals surface area (Å²) in [5, 5.41) is 8.87. The number of carbonyl (C=O) groups is 1. The third kappa shape index (κ3) is 3.35. The lowest BCUT2D eigenvalue weighted by Crippen LogP contribution is -2.29. The summed E-state index contributed by atoms with van der Waals surface area (Å²) >= 11 is 0. The maximum absolute atomic E-state index is 10.8. The lowest BCUT2D eigenvalue weighted by Gasteiger charge is -2.26. The van der Waals surface area contributed by atoms with Gasteiger partial charge < -0.3 is 15.7 Å². The monoisotopic (exact) mass is 251 g/mol. The molecule has 0 spiro atoms. The molecular weight excluding hydrogens is 230 g/mol. The van der Waals surface area contributed by atoms with Crippen LogP contribution in [0.2, 0.25) is 0 Å². The number of hydrogen-bond donors (Lipinski definition) is 2. The molecule has 18 heavy (non-hydrogen) atoms. The molecule has 5 nitrogen and oxygen atoms in total. The number of pyridine rings is 1. The molecular formula is C13H21N3O2. The molecule has 0 fully saturated rings. The van der Waals surface area contributed by atoms with Gasteiger partial charge in [0, 0.05) is 19.3 Å². The Hall–Kier alpha value is -1.78. The first-order chi connectivity index (χ1) is 8.49. The van der Waals surface area contributed by atoms with Crippen LogP contribution in [0.15, 0.2) is 12.3 Å². The van der Waals surface area contributed by atoms with Crippen molar-refractivity contribution in [3.8, 4) is 0 Å². The van der Waals surface area contributed by atoms with Crippen molar-refractivity contribution in [2.45, 2.75) is 27.2 Å². The summed E-state index contributed by atoms with van der Waals surface area (Å²) in [6.45, 7) is 8.02. The number of rotatable bonds is 6. The van der Waals surface area contributed by atoms with E-state index in [1.54, 1.807) is 0 Å². The molecule has 1 unspecified atom stereocenters. The van der Waals surface area contributed by atoms with Crippen molar-refractivity contribution in [2.24, 2.45) is 5.92 Å². The maximum Gasteiger partial charge on any atom is 0.337 e. The Morgan fingerprint density at radius 1 is 1.56 bits per heavy atom. The molecule has 0 saturated heterocycles. The maximum atomic E-state index is 10.8. The Morgan fingerprint density at radius 2 is 2.22 bits per heavy atom. The molecule has 0 aliphatic carbocycles. The first-order valence-corrected chi connectivity index (χ1v) is 6.23. The Balaban J connectivity index is 2.96. The number of carboxylic acids is 1. The minimum Gasteiger partial charge on any atom is -0.478 e. The van der Waals surface area contributed by atoms with Crippen molar-refractivity contribution < 1.29 is 9.90 Å². The van der Waals surface area contributed by atoms with Crippen LogP contribution in [0.3, 0.4) is 0 Å². The minimum atomic E-state index is -1.01. The van der Waals surface area contributed by atoms with E-state index >= 15 is 0 Å². The number of nitrogens with two attached hydrogens (primary N) is 1. The van der Waals surface area contributed by atoms with Gasteiger partial charge in [0.1, 0.15) is 0 Å². The molecule has 0 radical (unpaired) electrons. The van der Waals surface area contributed by atoms with Crippen LogP contribution in [-0.4, -0.2) is 29.1 Å². The fourth-order valence-corrected chi connectivity index (χ4v) is 1.73. The van der Waals surface area contributed by atoms with Crippen molar-refractivity contribution in [1.82, 2.24) is 4.98 Å². The van der Waals surface area contributed by atoms with Crippen molar-refractivity contribution in [3.05, 3.63) is 17.8 Å². The molecule has 0 amide bonds. The standard InChI is InChI=1S/C13H21N3O2/c1-4-9(3)8-16(5-2)12-11(14)6-10(7-15-12)13(17)18/h6-7,9H,4-5,8,14H2,1-3H3,(H,17,18). The van der Waals surface area contributed by atoms with Crippen LogP contribution in [0.1, 0.15) is 37.6 Å². The fraction of sp³-hybridized carbons (Fsp3) is 0.538. The van der Waals surface area contributed by atoms with Gasteiger partial charge >= 0.3 is 5.97 Å². The summed E-state index contributed by atoms with van der Waals surface area (Å²) in [4.78, 5) is 17.1. The summed E-state index contributed by atoms with van der Waals surface area (Å²) < 4.78 is 0. The van der Waals surface area contributed by atoms with Crippen LogP contribution < -0.4 is 10.6 Å². The summed E-state index contributed by atoms with van der Waals surface area (Å²) in [7, 11) is 0. The van der Waals surface area contributed by atoms with Gasteiger partial charge in [-0.2, -0.15) is 0 Å². The van der Waals surface area contributed by atoms with Gasteiger partial charge in [-0.3, -0.25) is 0 Å². The lowest BCUT2D eigenvalue weighted by atomic mass is 10.1. The summed E-state index contributed by atoms with van der Waals surface area (Å²) in [6.07, 6.45) is 2.44. The second kappa shape index (κ2) is 6.23.